The van der Waals surface area contributed by atoms with Gasteiger partial charge >= 0.3 is 6.18 Å². The summed E-state index contributed by atoms with van der Waals surface area (Å²) in [5.41, 5.74) is 0.189. The highest BCUT2D eigenvalue weighted by molar-refractivity contribution is 5.83. The zero-order valence-electron chi connectivity index (χ0n) is 16.2. The van der Waals surface area contributed by atoms with Crippen molar-refractivity contribution in [3.05, 3.63) is 29.6 Å². The highest BCUT2D eigenvalue weighted by Gasteiger charge is 2.43. The molecular weight excluding hydrogens is 404 g/mol. The van der Waals surface area contributed by atoms with Gasteiger partial charge < -0.3 is 19.5 Å². The lowest BCUT2D eigenvalue weighted by atomic mass is 10.0. The van der Waals surface area contributed by atoms with Crippen molar-refractivity contribution >= 4 is 16.9 Å². The van der Waals surface area contributed by atoms with E-state index in [9.17, 15) is 18.0 Å². The van der Waals surface area contributed by atoms with E-state index in [1.165, 1.54) is 0 Å². The van der Waals surface area contributed by atoms with Crippen molar-refractivity contribution in [3.63, 3.8) is 0 Å². The summed E-state index contributed by atoms with van der Waals surface area (Å²) in [6, 6.07) is 2.29. The first-order valence-corrected chi connectivity index (χ1v) is 10.2. The van der Waals surface area contributed by atoms with Crippen LogP contribution in [-0.4, -0.2) is 64.4 Å². The molecule has 0 aliphatic carbocycles. The molecule has 0 radical (unpaired) electrons. The quantitative estimate of drug-likeness (QED) is 0.763. The zero-order chi connectivity index (χ0) is 21.0. The predicted molar refractivity (Wildman–Crippen MR) is 99.6 cm³/mol. The van der Waals surface area contributed by atoms with Crippen LogP contribution in [0.1, 0.15) is 24.1 Å². The molecule has 4 atom stereocenters. The number of fused-ring (bicyclic) bond motifs is 3. The Hall–Kier alpha value is -2.20. The van der Waals surface area contributed by atoms with Gasteiger partial charge in [-0.3, -0.25) is 4.79 Å². The number of hydrogen-bond acceptors (Lipinski definition) is 4. The van der Waals surface area contributed by atoms with Gasteiger partial charge in [0.15, 0.2) is 0 Å². The molecule has 10 heteroatoms. The molecule has 3 aliphatic heterocycles. The molecule has 162 valence electrons. The molecule has 4 unspecified atom stereocenters. The number of likely N-dealkylation sites (tertiary alicyclic amines) is 1. The van der Waals surface area contributed by atoms with E-state index in [4.69, 9.17) is 4.74 Å². The summed E-state index contributed by atoms with van der Waals surface area (Å²) >= 11 is 0. The summed E-state index contributed by atoms with van der Waals surface area (Å²) < 4.78 is 61.4. The van der Waals surface area contributed by atoms with Crippen LogP contribution in [0.3, 0.4) is 0 Å². The highest BCUT2D eigenvalue weighted by Crippen LogP contribution is 2.34. The third-order valence-corrected chi connectivity index (χ3v) is 6.36. The first-order chi connectivity index (χ1) is 14.3. The predicted octanol–water partition coefficient (Wildman–Crippen LogP) is 2.30. The molecule has 6 nitrogen and oxygen atoms in total. The number of carbonyl (C=O) groups is 1. The number of carbonyl (C=O) groups excluding carboxylic acids is 1. The number of nitrogens with zero attached hydrogens (tertiary/aromatic N) is 3. The minimum Gasteiger partial charge on any atom is -0.367 e. The molecule has 2 aromatic heterocycles. The van der Waals surface area contributed by atoms with Crippen LogP contribution in [0.4, 0.5) is 17.6 Å². The number of aromatic nitrogens is 2. The summed E-state index contributed by atoms with van der Waals surface area (Å²) in [6.45, 7) is 1.81. The summed E-state index contributed by atoms with van der Waals surface area (Å²) in [5, 5.41) is 3.54. The largest absolute Gasteiger partial charge is 0.417 e. The first kappa shape index (κ1) is 19.7. The molecule has 30 heavy (non-hydrogen) atoms. The van der Waals surface area contributed by atoms with Crippen molar-refractivity contribution in [3.8, 4) is 0 Å². The Bertz CT molecular complexity index is 972. The van der Waals surface area contributed by atoms with Crippen LogP contribution in [-0.2, 0) is 28.7 Å². The lowest BCUT2D eigenvalue weighted by Crippen LogP contribution is -2.50. The Morgan fingerprint density at radius 2 is 2.07 bits per heavy atom. The fourth-order valence-electron chi connectivity index (χ4n) is 4.55. The Labute approximate surface area is 170 Å². The zero-order valence-corrected chi connectivity index (χ0v) is 16.2. The SMILES string of the molecule is O=C1C(OCC2CCN2)CCN1C1Cc2cc3cc(C(F)(F)F)cnc3n2CC1F. The van der Waals surface area contributed by atoms with E-state index in [2.05, 4.69) is 10.3 Å². The Morgan fingerprint density at radius 3 is 2.77 bits per heavy atom. The number of pyridine rings is 1. The first-order valence-electron chi connectivity index (χ1n) is 10.2. The molecule has 2 aromatic rings. The van der Waals surface area contributed by atoms with Crippen LogP contribution < -0.4 is 5.32 Å². The van der Waals surface area contributed by atoms with Crippen LogP contribution in [0.2, 0.25) is 0 Å². The lowest BCUT2D eigenvalue weighted by Gasteiger charge is -2.35. The maximum Gasteiger partial charge on any atom is 0.417 e. The maximum absolute atomic E-state index is 15.1. The van der Waals surface area contributed by atoms with E-state index in [-0.39, 0.29) is 24.9 Å². The number of hydrogen-bond donors (Lipinski definition) is 1. The molecule has 0 bridgehead atoms. The second kappa shape index (κ2) is 7.19. The van der Waals surface area contributed by atoms with Crippen molar-refractivity contribution in [1.29, 1.82) is 0 Å². The third-order valence-electron chi connectivity index (χ3n) is 6.36. The Morgan fingerprint density at radius 1 is 1.27 bits per heavy atom. The van der Waals surface area contributed by atoms with Gasteiger partial charge in [0.1, 0.15) is 17.9 Å². The number of rotatable bonds is 4. The molecule has 2 saturated heterocycles. The molecule has 2 fully saturated rings. The normalized spacial score (nSPS) is 29.3. The molecule has 5 heterocycles. The summed E-state index contributed by atoms with van der Waals surface area (Å²) in [6.07, 6.45) is -3.81. The van der Waals surface area contributed by atoms with E-state index in [1.54, 1.807) is 15.5 Å². The van der Waals surface area contributed by atoms with Gasteiger partial charge in [-0.05, 0) is 25.1 Å². The third kappa shape index (κ3) is 3.35. The van der Waals surface area contributed by atoms with Crippen molar-refractivity contribution in [1.82, 2.24) is 19.8 Å². The van der Waals surface area contributed by atoms with Crippen molar-refractivity contribution in [2.75, 3.05) is 19.7 Å². The number of halogens is 4. The van der Waals surface area contributed by atoms with E-state index in [0.717, 1.165) is 25.2 Å². The summed E-state index contributed by atoms with van der Waals surface area (Å²) in [5.74, 6) is -0.205. The van der Waals surface area contributed by atoms with Crippen LogP contribution in [0.25, 0.3) is 11.0 Å². The molecule has 0 aromatic carbocycles. The molecular formula is C20H22F4N4O2. The monoisotopic (exact) mass is 426 g/mol. The van der Waals surface area contributed by atoms with Gasteiger partial charge in [0.2, 0.25) is 0 Å². The number of nitrogens with one attached hydrogen (secondary N) is 1. The van der Waals surface area contributed by atoms with Gasteiger partial charge in [-0.1, -0.05) is 0 Å². The molecule has 0 spiro atoms. The number of ether oxygens (including phenoxy) is 1. The number of alkyl halides is 4. The van der Waals surface area contributed by atoms with Gasteiger partial charge in [-0.15, -0.1) is 0 Å². The lowest BCUT2D eigenvalue weighted by molar-refractivity contribution is -0.141. The standard InChI is InChI=1S/C20H22F4N4O2/c21-15-9-28-14(6-11-5-12(20(22,23)24)8-26-18(11)28)7-16(15)27-4-2-17(19(27)29)30-10-13-1-3-25-13/h5-6,8,13,15-17,25H,1-4,7,9-10H2. The summed E-state index contributed by atoms with van der Waals surface area (Å²) in [7, 11) is 0. The number of amides is 1. The summed E-state index contributed by atoms with van der Waals surface area (Å²) in [4.78, 5) is 18.2. The van der Waals surface area contributed by atoms with Crippen molar-refractivity contribution < 1.29 is 27.1 Å². The Balaban J connectivity index is 1.34. The van der Waals surface area contributed by atoms with E-state index in [0.29, 0.717) is 36.3 Å². The molecule has 5 rings (SSSR count). The van der Waals surface area contributed by atoms with Gasteiger partial charge in [0.05, 0.1) is 24.8 Å². The van der Waals surface area contributed by atoms with Crippen LogP contribution in [0, 0.1) is 0 Å². The fraction of sp³-hybridized carbons (Fsp3) is 0.600. The smallest absolute Gasteiger partial charge is 0.367 e. The highest BCUT2D eigenvalue weighted by atomic mass is 19.4. The topological polar surface area (TPSA) is 59.4 Å². The second-order valence-electron chi connectivity index (χ2n) is 8.25. The van der Waals surface area contributed by atoms with E-state index >= 15 is 4.39 Å². The van der Waals surface area contributed by atoms with Gasteiger partial charge in [-0.25, -0.2) is 9.37 Å². The minimum atomic E-state index is -4.49. The fourth-order valence-corrected chi connectivity index (χ4v) is 4.55. The maximum atomic E-state index is 15.1. The van der Waals surface area contributed by atoms with Crippen LogP contribution in [0.5, 0.6) is 0 Å². The van der Waals surface area contributed by atoms with Crippen molar-refractivity contribution in [2.45, 2.75) is 56.3 Å². The molecule has 3 aliphatic rings. The average Bonchev–Trinajstić information content (AvgIpc) is 3.19. The van der Waals surface area contributed by atoms with E-state index < -0.39 is 30.1 Å². The molecule has 1 N–H and O–H groups in total. The van der Waals surface area contributed by atoms with Gasteiger partial charge in [0.25, 0.3) is 5.91 Å². The van der Waals surface area contributed by atoms with Gasteiger partial charge in [0, 0.05) is 42.7 Å². The average molecular weight is 426 g/mol. The molecule has 0 saturated carbocycles. The Kier molecular flexibility index (Phi) is 4.73. The van der Waals surface area contributed by atoms with Crippen LogP contribution in [0.15, 0.2) is 18.3 Å². The van der Waals surface area contributed by atoms with Crippen LogP contribution >= 0.6 is 0 Å². The van der Waals surface area contributed by atoms with Crippen molar-refractivity contribution in [2.24, 2.45) is 0 Å². The second-order valence-corrected chi connectivity index (χ2v) is 8.25. The van der Waals surface area contributed by atoms with Gasteiger partial charge in [-0.2, -0.15) is 13.2 Å². The molecule has 1 amide bonds. The van der Waals surface area contributed by atoms with E-state index in [1.807, 2.05) is 0 Å². The minimum absolute atomic E-state index is 0.0385.